The van der Waals surface area contributed by atoms with Crippen molar-refractivity contribution in [1.82, 2.24) is 5.16 Å². The SMILES string of the molecule is CCOC(=O)c1c(C)noc1-c1ccc(Cl)cc1. The summed E-state index contributed by atoms with van der Waals surface area (Å²) in [7, 11) is 0. The molecule has 5 heteroatoms. The van der Waals surface area contributed by atoms with E-state index in [0.717, 1.165) is 5.56 Å². The number of benzene rings is 1. The number of nitrogens with zero attached hydrogens (tertiary/aromatic N) is 1. The summed E-state index contributed by atoms with van der Waals surface area (Å²) in [5.74, 6) is -0.0242. The van der Waals surface area contributed by atoms with Crippen LogP contribution in [0.2, 0.25) is 5.02 Å². The van der Waals surface area contributed by atoms with Crippen molar-refractivity contribution in [2.75, 3.05) is 6.61 Å². The smallest absolute Gasteiger partial charge is 0.344 e. The largest absolute Gasteiger partial charge is 0.462 e. The van der Waals surface area contributed by atoms with Crippen LogP contribution >= 0.6 is 11.6 Å². The van der Waals surface area contributed by atoms with Gasteiger partial charge in [0.2, 0.25) is 0 Å². The van der Waals surface area contributed by atoms with Gasteiger partial charge < -0.3 is 9.26 Å². The standard InChI is InChI=1S/C13H12ClNO3/c1-3-17-13(16)11-8(2)15-18-12(11)9-4-6-10(14)7-5-9/h4-7H,3H2,1-2H3. The minimum Gasteiger partial charge on any atom is -0.462 e. The Morgan fingerprint density at radius 3 is 2.67 bits per heavy atom. The van der Waals surface area contributed by atoms with Crippen molar-refractivity contribution in [3.8, 4) is 11.3 Å². The number of hydrogen-bond acceptors (Lipinski definition) is 4. The lowest BCUT2D eigenvalue weighted by atomic mass is 10.1. The lowest BCUT2D eigenvalue weighted by Gasteiger charge is -2.02. The van der Waals surface area contributed by atoms with Gasteiger partial charge in [0.05, 0.1) is 12.3 Å². The van der Waals surface area contributed by atoms with Crippen LogP contribution in [0.15, 0.2) is 28.8 Å². The van der Waals surface area contributed by atoms with Gasteiger partial charge in [-0.1, -0.05) is 16.8 Å². The highest BCUT2D eigenvalue weighted by atomic mass is 35.5. The van der Waals surface area contributed by atoms with Crippen LogP contribution in [-0.2, 0) is 4.74 Å². The first kappa shape index (κ1) is 12.6. The molecule has 0 aliphatic heterocycles. The maximum atomic E-state index is 11.8. The molecule has 0 fully saturated rings. The Morgan fingerprint density at radius 2 is 2.06 bits per heavy atom. The van der Waals surface area contributed by atoms with Gasteiger partial charge in [-0.2, -0.15) is 0 Å². The van der Waals surface area contributed by atoms with Crippen molar-refractivity contribution in [3.63, 3.8) is 0 Å². The topological polar surface area (TPSA) is 52.3 Å². The van der Waals surface area contributed by atoms with Gasteiger partial charge in [0.25, 0.3) is 0 Å². The number of carbonyl (C=O) groups is 1. The van der Waals surface area contributed by atoms with E-state index in [9.17, 15) is 4.79 Å². The summed E-state index contributed by atoms with van der Waals surface area (Å²) >= 11 is 5.82. The second-order valence-corrected chi connectivity index (χ2v) is 4.14. The quantitative estimate of drug-likeness (QED) is 0.797. The molecule has 2 aromatic rings. The van der Waals surface area contributed by atoms with Crippen LogP contribution in [0.4, 0.5) is 0 Å². The number of aromatic nitrogens is 1. The molecule has 4 nitrogen and oxygen atoms in total. The predicted molar refractivity (Wildman–Crippen MR) is 67.6 cm³/mol. The minimum absolute atomic E-state index is 0.309. The van der Waals surface area contributed by atoms with E-state index in [1.165, 1.54) is 0 Å². The van der Waals surface area contributed by atoms with Gasteiger partial charge in [-0.25, -0.2) is 4.79 Å². The van der Waals surface area contributed by atoms with Crippen LogP contribution in [-0.4, -0.2) is 17.7 Å². The molecule has 0 aliphatic rings. The summed E-state index contributed by atoms with van der Waals surface area (Å²) < 4.78 is 10.2. The lowest BCUT2D eigenvalue weighted by Crippen LogP contribution is -2.06. The second-order valence-electron chi connectivity index (χ2n) is 3.70. The molecule has 0 aliphatic carbocycles. The van der Waals surface area contributed by atoms with Gasteiger partial charge in [-0.3, -0.25) is 0 Å². The van der Waals surface area contributed by atoms with Gasteiger partial charge in [0.1, 0.15) is 5.56 Å². The maximum absolute atomic E-state index is 11.8. The van der Waals surface area contributed by atoms with E-state index in [-0.39, 0.29) is 0 Å². The van der Waals surface area contributed by atoms with Gasteiger partial charge in [-0.15, -0.1) is 0 Å². The van der Waals surface area contributed by atoms with Gasteiger partial charge in [0, 0.05) is 10.6 Å². The zero-order chi connectivity index (χ0) is 13.1. The Kier molecular flexibility index (Phi) is 3.67. The predicted octanol–water partition coefficient (Wildman–Crippen LogP) is 3.48. The summed E-state index contributed by atoms with van der Waals surface area (Å²) in [4.78, 5) is 11.8. The van der Waals surface area contributed by atoms with Crippen molar-refractivity contribution in [2.45, 2.75) is 13.8 Å². The van der Waals surface area contributed by atoms with Crippen LogP contribution < -0.4 is 0 Å². The third-order valence-corrected chi connectivity index (χ3v) is 2.70. The third-order valence-electron chi connectivity index (χ3n) is 2.45. The third kappa shape index (κ3) is 2.38. The van der Waals surface area contributed by atoms with Crippen LogP contribution in [0, 0.1) is 6.92 Å². The number of hydrogen-bond donors (Lipinski definition) is 0. The first-order valence-corrected chi connectivity index (χ1v) is 5.90. The van der Waals surface area contributed by atoms with E-state index in [0.29, 0.717) is 28.6 Å². The molecule has 0 N–H and O–H groups in total. The average molecular weight is 266 g/mol. The van der Waals surface area contributed by atoms with Crippen LogP contribution in [0.5, 0.6) is 0 Å². The average Bonchev–Trinajstić information content (AvgIpc) is 2.72. The van der Waals surface area contributed by atoms with Gasteiger partial charge >= 0.3 is 5.97 Å². The van der Waals surface area contributed by atoms with Crippen molar-refractivity contribution >= 4 is 17.6 Å². The van der Waals surface area contributed by atoms with E-state index in [2.05, 4.69) is 5.16 Å². The Morgan fingerprint density at radius 1 is 1.39 bits per heavy atom. The van der Waals surface area contributed by atoms with E-state index >= 15 is 0 Å². The van der Waals surface area contributed by atoms with Crippen molar-refractivity contribution < 1.29 is 14.1 Å². The van der Waals surface area contributed by atoms with Crippen LogP contribution in [0.25, 0.3) is 11.3 Å². The van der Waals surface area contributed by atoms with Crippen molar-refractivity contribution in [2.24, 2.45) is 0 Å². The fraction of sp³-hybridized carbons (Fsp3) is 0.231. The van der Waals surface area contributed by atoms with Gasteiger partial charge in [-0.05, 0) is 38.1 Å². The van der Waals surface area contributed by atoms with E-state index in [4.69, 9.17) is 20.9 Å². The summed E-state index contributed by atoms with van der Waals surface area (Å²) in [6.07, 6.45) is 0. The molecule has 0 amide bonds. The van der Waals surface area contributed by atoms with E-state index in [1.54, 1.807) is 38.1 Å². The summed E-state index contributed by atoms with van der Waals surface area (Å²) in [5.41, 5.74) is 1.61. The highest BCUT2D eigenvalue weighted by Gasteiger charge is 2.22. The molecule has 0 bridgehead atoms. The molecular formula is C13H12ClNO3. The molecule has 1 aromatic carbocycles. The summed E-state index contributed by atoms with van der Waals surface area (Å²) in [5, 5.41) is 4.43. The lowest BCUT2D eigenvalue weighted by molar-refractivity contribution is 0.0526. The fourth-order valence-electron chi connectivity index (χ4n) is 1.61. The summed E-state index contributed by atoms with van der Waals surface area (Å²) in [6, 6.07) is 6.99. The summed E-state index contributed by atoms with van der Waals surface area (Å²) in [6.45, 7) is 3.77. The molecule has 0 unspecified atom stereocenters. The molecule has 0 saturated heterocycles. The number of ether oxygens (including phenoxy) is 1. The molecular weight excluding hydrogens is 254 g/mol. The molecule has 0 atom stereocenters. The normalized spacial score (nSPS) is 10.4. The van der Waals surface area contributed by atoms with E-state index in [1.807, 2.05) is 0 Å². The van der Waals surface area contributed by atoms with Crippen molar-refractivity contribution in [3.05, 3.63) is 40.5 Å². The molecule has 0 spiro atoms. The Balaban J connectivity index is 2.45. The molecule has 18 heavy (non-hydrogen) atoms. The second kappa shape index (κ2) is 5.23. The Bertz CT molecular complexity index is 560. The van der Waals surface area contributed by atoms with Crippen molar-refractivity contribution in [1.29, 1.82) is 0 Å². The number of carbonyl (C=O) groups excluding carboxylic acids is 1. The molecule has 0 radical (unpaired) electrons. The molecule has 0 saturated carbocycles. The zero-order valence-corrected chi connectivity index (χ0v) is 10.8. The molecule has 1 aromatic heterocycles. The van der Waals surface area contributed by atoms with Gasteiger partial charge in [0.15, 0.2) is 5.76 Å². The number of esters is 1. The van der Waals surface area contributed by atoms with Crippen LogP contribution in [0.1, 0.15) is 23.0 Å². The Labute approximate surface area is 109 Å². The minimum atomic E-state index is -0.429. The highest BCUT2D eigenvalue weighted by Crippen LogP contribution is 2.27. The monoisotopic (exact) mass is 265 g/mol. The number of aryl methyl sites for hydroxylation is 1. The van der Waals surface area contributed by atoms with Crippen LogP contribution in [0.3, 0.4) is 0 Å². The Hall–Kier alpha value is -1.81. The zero-order valence-electron chi connectivity index (χ0n) is 10.1. The maximum Gasteiger partial charge on any atom is 0.344 e. The molecule has 94 valence electrons. The van der Waals surface area contributed by atoms with E-state index < -0.39 is 5.97 Å². The fourth-order valence-corrected chi connectivity index (χ4v) is 1.74. The number of rotatable bonds is 3. The molecule has 2 rings (SSSR count). The molecule has 1 heterocycles. The number of halogens is 1. The highest BCUT2D eigenvalue weighted by molar-refractivity contribution is 6.30. The first-order valence-electron chi connectivity index (χ1n) is 5.52. The first-order chi connectivity index (χ1) is 8.63.